The predicted octanol–water partition coefficient (Wildman–Crippen LogP) is 3.46. The van der Waals surface area contributed by atoms with E-state index >= 15 is 0 Å². The molecule has 0 aliphatic carbocycles. The minimum absolute atomic E-state index is 0.0273. The molecule has 0 saturated heterocycles. The molecule has 0 bridgehead atoms. The fraction of sp³-hybridized carbons (Fsp3) is 0.200. The van der Waals surface area contributed by atoms with Crippen molar-refractivity contribution in [2.24, 2.45) is 0 Å². The number of hydrogen-bond acceptors (Lipinski definition) is 7. The molecule has 10 heteroatoms. The maximum absolute atomic E-state index is 12.6. The highest BCUT2D eigenvalue weighted by Gasteiger charge is 2.26. The van der Waals surface area contributed by atoms with Gasteiger partial charge < -0.3 is 5.32 Å². The average Bonchev–Trinajstić information content (AvgIpc) is 3.28. The molecular formula is C20H19N5O3S2. The lowest BCUT2D eigenvalue weighted by molar-refractivity contribution is 0.258. The van der Waals surface area contributed by atoms with Gasteiger partial charge in [-0.2, -0.15) is 9.61 Å². The van der Waals surface area contributed by atoms with Gasteiger partial charge in [0, 0.05) is 12.1 Å². The zero-order valence-corrected chi connectivity index (χ0v) is 18.2. The van der Waals surface area contributed by atoms with Crippen molar-refractivity contribution in [2.45, 2.75) is 32.2 Å². The van der Waals surface area contributed by atoms with Gasteiger partial charge in [-0.1, -0.05) is 53.3 Å². The highest BCUT2D eigenvalue weighted by molar-refractivity contribution is 8.06. The van der Waals surface area contributed by atoms with Crippen LogP contribution in [0.25, 0.3) is 15.5 Å². The Balaban J connectivity index is 1.46. The smallest absolute Gasteiger partial charge is 0.338 e. The molecule has 2 aromatic heterocycles. The molecule has 0 radical (unpaired) electrons. The maximum atomic E-state index is 12.6. The van der Waals surface area contributed by atoms with Crippen molar-refractivity contribution in [2.75, 3.05) is 0 Å². The van der Waals surface area contributed by atoms with Crippen LogP contribution >= 0.6 is 11.3 Å². The SMILES string of the molecule is Cc1ccc(S(=O)(=O)C(=O)NCc2ccc(-c3nn4c(C)nnc4s3)cc2)c(C)c1. The van der Waals surface area contributed by atoms with E-state index in [9.17, 15) is 13.2 Å². The van der Waals surface area contributed by atoms with Gasteiger partial charge in [-0.25, -0.2) is 8.42 Å². The Kier molecular flexibility index (Phi) is 5.12. The molecule has 0 saturated carbocycles. The monoisotopic (exact) mass is 441 g/mol. The molecule has 30 heavy (non-hydrogen) atoms. The predicted molar refractivity (Wildman–Crippen MR) is 114 cm³/mol. The third-order valence-corrected chi connectivity index (χ3v) is 7.27. The number of amides is 1. The fourth-order valence-electron chi connectivity index (χ4n) is 3.07. The van der Waals surface area contributed by atoms with Crippen LogP contribution in [0.4, 0.5) is 4.79 Å². The van der Waals surface area contributed by atoms with Gasteiger partial charge in [0.2, 0.25) is 4.96 Å². The van der Waals surface area contributed by atoms with Gasteiger partial charge in [0.05, 0.1) is 4.90 Å². The number of carbonyl (C=O) groups excluding carboxylic acids is 1. The summed E-state index contributed by atoms with van der Waals surface area (Å²) in [7, 11) is -4.09. The second-order valence-electron chi connectivity index (χ2n) is 6.96. The van der Waals surface area contributed by atoms with Crippen molar-refractivity contribution in [3.8, 4) is 10.6 Å². The number of fused-ring (bicyclic) bond motifs is 1. The molecule has 0 aliphatic rings. The van der Waals surface area contributed by atoms with Gasteiger partial charge in [0.15, 0.2) is 5.82 Å². The van der Waals surface area contributed by atoms with E-state index in [0.29, 0.717) is 5.56 Å². The highest BCUT2D eigenvalue weighted by Crippen LogP contribution is 2.25. The third-order valence-electron chi connectivity index (χ3n) is 4.65. The van der Waals surface area contributed by atoms with Crippen LogP contribution in [0.5, 0.6) is 0 Å². The molecule has 0 atom stereocenters. The molecule has 0 fully saturated rings. The molecule has 4 rings (SSSR count). The number of benzene rings is 2. The van der Waals surface area contributed by atoms with E-state index < -0.39 is 15.1 Å². The van der Waals surface area contributed by atoms with Crippen molar-refractivity contribution < 1.29 is 13.2 Å². The first kappa shape index (κ1) is 20.2. The van der Waals surface area contributed by atoms with Crippen LogP contribution in [0.1, 0.15) is 22.5 Å². The molecule has 0 spiro atoms. The molecule has 1 amide bonds. The Bertz CT molecular complexity index is 1360. The van der Waals surface area contributed by atoms with Crippen molar-refractivity contribution in [3.05, 3.63) is 65.0 Å². The van der Waals surface area contributed by atoms with E-state index in [0.717, 1.165) is 32.5 Å². The third kappa shape index (κ3) is 3.71. The van der Waals surface area contributed by atoms with Gasteiger partial charge in [0.1, 0.15) is 5.01 Å². The summed E-state index contributed by atoms with van der Waals surface area (Å²) in [4.78, 5) is 13.1. The van der Waals surface area contributed by atoms with Crippen LogP contribution in [-0.2, 0) is 16.4 Å². The molecule has 8 nitrogen and oxygen atoms in total. The van der Waals surface area contributed by atoms with Crippen LogP contribution in [0.2, 0.25) is 0 Å². The molecule has 2 aromatic carbocycles. The Morgan fingerprint density at radius 1 is 1.07 bits per heavy atom. The topological polar surface area (TPSA) is 106 Å². The van der Waals surface area contributed by atoms with E-state index in [-0.39, 0.29) is 11.4 Å². The Hall–Kier alpha value is -3.11. The van der Waals surface area contributed by atoms with Crippen LogP contribution in [0.3, 0.4) is 0 Å². The summed E-state index contributed by atoms with van der Waals surface area (Å²) in [5.74, 6) is 0.719. The Labute approximate surface area is 177 Å². The first-order valence-corrected chi connectivity index (χ1v) is 11.4. The molecular weight excluding hydrogens is 422 g/mol. The normalized spacial score (nSPS) is 11.7. The number of rotatable bonds is 4. The molecule has 0 aliphatic heterocycles. The average molecular weight is 442 g/mol. The zero-order chi connectivity index (χ0) is 21.5. The highest BCUT2D eigenvalue weighted by atomic mass is 32.2. The lowest BCUT2D eigenvalue weighted by Crippen LogP contribution is -2.29. The van der Waals surface area contributed by atoms with Gasteiger partial charge in [-0.05, 0) is 38.0 Å². The van der Waals surface area contributed by atoms with E-state index in [1.165, 1.54) is 17.4 Å². The summed E-state index contributed by atoms with van der Waals surface area (Å²) in [5.41, 5.74) is 3.17. The van der Waals surface area contributed by atoms with Crippen LogP contribution in [0.15, 0.2) is 47.4 Å². The minimum atomic E-state index is -4.09. The molecule has 2 heterocycles. The fourth-order valence-corrected chi connectivity index (χ4v) is 5.15. The quantitative estimate of drug-likeness (QED) is 0.520. The molecule has 4 aromatic rings. The summed E-state index contributed by atoms with van der Waals surface area (Å²) < 4.78 is 26.8. The van der Waals surface area contributed by atoms with E-state index in [4.69, 9.17) is 0 Å². The summed E-state index contributed by atoms with van der Waals surface area (Å²) in [6.07, 6.45) is 0. The number of aryl methyl sites for hydroxylation is 3. The first-order chi connectivity index (χ1) is 14.3. The summed E-state index contributed by atoms with van der Waals surface area (Å²) >= 11 is 1.43. The molecule has 1 N–H and O–H groups in total. The Morgan fingerprint density at radius 2 is 1.80 bits per heavy atom. The van der Waals surface area contributed by atoms with Crippen LogP contribution < -0.4 is 5.32 Å². The summed E-state index contributed by atoms with van der Waals surface area (Å²) in [6.45, 7) is 5.49. The number of hydrogen-bond donors (Lipinski definition) is 1. The van der Waals surface area contributed by atoms with Gasteiger partial charge >= 0.3 is 5.24 Å². The Morgan fingerprint density at radius 3 is 2.47 bits per heavy atom. The number of carbonyl (C=O) groups is 1. The number of nitrogens with zero attached hydrogens (tertiary/aromatic N) is 4. The second-order valence-corrected chi connectivity index (χ2v) is 9.73. The number of nitrogens with one attached hydrogen (secondary N) is 1. The van der Waals surface area contributed by atoms with Crippen molar-refractivity contribution in [1.82, 2.24) is 25.1 Å². The largest absolute Gasteiger partial charge is 0.341 e. The maximum Gasteiger partial charge on any atom is 0.341 e. The molecule has 0 unspecified atom stereocenters. The van der Waals surface area contributed by atoms with Crippen molar-refractivity contribution >= 4 is 31.4 Å². The number of sulfone groups is 1. The molecule has 154 valence electrons. The van der Waals surface area contributed by atoms with Crippen LogP contribution in [0, 0.1) is 20.8 Å². The van der Waals surface area contributed by atoms with Gasteiger partial charge in [-0.15, -0.1) is 10.2 Å². The van der Waals surface area contributed by atoms with Gasteiger partial charge in [0.25, 0.3) is 9.84 Å². The minimum Gasteiger partial charge on any atom is -0.338 e. The second kappa shape index (κ2) is 7.62. The van der Waals surface area contributed by atoms with E-state index in [1.54, 1.807) is 23.6 Å². The van der Waals surface area contributed by atoms with Gasteiger partial charge in [-0.3, -0.25) is 4.79 Å². The van der Waals surface area contributed by atoms with Crippen molar-refractivity contribution in [3.63, 3.8) is 0 Å². The zero-order valence-electron chi connectivity index (χ0n) is 16.6. The first-order valence-electron chi connectivity index (χ1n) is 9.14. The number of aromatic nitrogens is 4. The van der Waals surface area contributed by atoms with Crippen molar-refractivity contribution in [1.29, 1.82) is 0 Å². The lowest BCUT2D eigenvalue weighted by Gasteiger charge is -2.09. The van der Waals surface area contributed by atoms with E-state index in [1.807, 2.05) is 38.1 Å². The summed E-state index contributed by atoms with van der Waals surface area (Å²) in [5, 5.41) is 14.8. The van der Waals surface area contributed by atoms with E-state index in [2.05, 4.69) is 20.6 Å². The lowest BCUT2D eigenvalue weighted by atomic mass is 10.1. The van der Waals surface area contributed by atoms with Crippen LogP contribution in [-0.4, -0.2) is 33.5 Å². The standard InChI is InChI=1S/C20H19N5O3S2/c1-12-4-9-17(13(2)10-12)30(27,28)20(26)21-11-15-5-7-16(8-6-15)18-24-25-14(3)22-23-19(25)29-18/h4-10H,11H2,1-3H3,(H,21,26). The summed E-state index contributed by atoms with van der Waals surface area (Å²) in [6, 6.07) is 12.3.